The van der Waals surface area contributed by atoms with Crippen LogP contribution in [0.15, 0.2) is 47.4 Å². The molecule has 0 spiro atoms. The molecule has 0 aromatic heterocycles. The SMILES string of the molecule is CC1=NCN2CC(c3ccccc3F)=CN(Cl)C=C12. The van der Waals surface area contributed by atoms with Crippen LogP contribution in [0.25, 0.3) is 5.57 Å². The Labute approximate surface area is 116 Å². The van der Waals surface area contributed by atoms with Crippen molar-refractivity contribution in [1.29, 1.82) is 0 Å². The highest BCUT2D eigenvalue weighted by atomic mass is 35.5. The van der Waals surface area contributed by atoms with Crippen LogP contribution in [0.2, 0.25) is 0 Å². The van der Waals surface area contributed by atoms with E-state index < -0.39 is 0 Å². The van der Waals surface area contributed by atoms with Gasteiger partial charge < -0.3 is 4.90 Å². The number of nitrogens with zero attached hydrogens (tertiary/aromatic N) is 3. The molecule has 0 saturated carbocycles. The number of halogens is 2. The van der Waals surface area contributed by atoms with Gasteiger partial charge in [0.05, 0.1) is 11.4 Å². The smallest absolute Gasteiger partial charge is 0.130 e. The highest BCUT2D eigenvalue weighted by Gasteiger charge is 2.24. The zero-order valence-electron chi connectivity index (χ0n) is 10.5. The van der Waals surface area contributed by atoms with Crippen molar-refractivity contribution in [1.82, 2.24) is 9.32 Å². The van der Waals surface area contributed by atoms with Crippen LogP contribution >= 0.6 is 11.8 Å². The van der Waals surface area contributed by atoms with Crippen LogP contribution in [-0.4, -0.2) is 28.2 Å². The van der Waals surface area contributed by atoms with Gasteiger partial charge in [-0.1, -0.05) is 18.2 Å². The van der Waals surface area contributed by atoms with Crippen LogP contribution in [-0.2, 0) is 0 Å². The van der Waals surface area contributed by atoms with Crippen molar-refractivity contribution in [3.8, 4) is 0 Å². The topological polar surface area (TPSA) is 18.8 Å². The summed E-state index contributed by atoms with van der Waals surface area (Å²) in [5, 5.41) is 0. The third kappa shape index (κ3) is 2.24. The van der Waals surface area contributed by atoms with Gasteiger partial charge in [0.15, 0.2) is 0 Å². The molecule has 3 rings (SSSR count). The Morgan fingerprint density at radius 1 is 1.26 bits per heavy atom. The van der Waals surface area contributed by atoms with Crippen molar-refractivity contribution < 1.29 is 4.39 Å². The maximum absolute atomic E-state index is 13.9. The number of fused-ring (bicyclic) bond motifs is 1. The summed E-state index contributed by atoms with van der Waals surface area (Å²) in [4.78, 5) is 6.45. The van der Waals surface area contributed by atoms with Crippen LogP contribution in [0, 0.1) is 5.82 Å². The molecule has 2 aliphatic rings. The molecule has 0 radical (unpaired) electrons. The van der Waals surface area contributed by atoms with Gasteiger partial charge in [0.1, 0.15) is 12.5 Å². The van der Waals surface area contributed by atoms with Crippen LogP contribution < -0.4 is 0 Å². The van der Waals surface area contributed by atoms with Gasteiger partial charge in [0.2, 0.25) is 0 Å². The number of hydrogen-bond acceptors (Lipinski definition) is 3. The summed E-state index contributed by atoms with van der Waals surface area (Å²) in [5.74, 6) is -0.237. The molecule has 0 bridgehead atoms. The number of benzene rings is 1. The fourth-order valence-corrected chi connectivity index (χ4v) is 2.52. The molecular formula is C14H13ClFN3. The summed E-state index contributed by atoms with van der Waals surface area (Å²) >= 11 is 6.13. The van der Waals surface area contributed by atoms with Crippen molar-refractivity contribution in [2.24, 2.45) is 4.99 Å². The first-order valence-electron chi connectivity index (χ1n) is 6.03. The fourth-order valence-electron chi connectivity index (χ4n) is 2.31. The predicted molar refractivity (Wildman–Crippen MR) is 74.8 cm³/mol. The molecule has 1 aromatic rings. The van der Waals surface area contributed by atoms with Crippen molar-refractivity contribution in [3.05, 3.63) is 53.7 Å². The van der Waals surface area contributed by atoms with Gasteiger partial charge in [-0.15, -0.1) is 0 Å². The van der Waals surface area contributed by atoms with E-state index in [1.165, 1.54) is 10.5 Å². The van der Waals surface area contributed by atoms with Gasteiger partial charge in [0.25, 0.3) is 0 Å². The molecule has 0 fully saturated rings. The van der Waals surface area contributed by atoms with E-state index in [0.29, 0.717) is 18.8 Å². The van der Waals surface area contributed by atoms with Crippen LogP contribution in [0.4, 0.5) is 4.39 Å². The largest absolute Gasteiger partial charge is 0.345 e. The van der Waals surface area contributed by atoms with Gasteiger partial charge >= 0.3 is 0 Å². The average Bonchev–Trinajstić information content (AvgIpc) is 2.62. The molecule has 0 atom stereocenters. The van der Waals surface area contributed by atoms with Gasteiger partial charge in [-0.25, -0.2) is 4.39 Å². The molecule has 5 heteroatoms. The molecule has 0 saturated heterocycles. The molecule has 2 heterocycles. The third-order valence-corrected chi connectivity index (χ3v) is 3.49. The second kappa shape index (κ2) is 4.70. The Bertz CT molecular complexity index is 606. The van der Waals surface area contributed by atoms with E-state index in [1.807, 2.05) is 13.0 Å². The minimum Gasteiger partial charge on any atom is -0.345 e. The van der Waals surface area contributed by atoms with Gasteiger partial charge in [-0.05, 0) is 18.6 Å². The van der Waals surface area contributed by atoms with Crippen molar-refractivity contribution in [2.75, 3.05) is 13.2 Å². The third-order valence-electron chi connectivity index (χ3n) is 3.30. The molecular weight excluding hydrogens is 265 g/mol. The second-order valence-corrected chi connectivity index (χ2v) is 4.97. The minimum atomic E-state index is -0.237. The standard InChI is InChI=1S/C14H13ClFN3/c1-10-14-8-19(15)7-11(6-18(14)9-17-10)12-4-2-3-5-13(12)16/h2-5,7-8H,6,9H2,1H3. The summed E-state index contributed by atoms with van der Waals surface area (Å²) in [6.45, 7) is 3.13. The maximum Gasteiger partial charge on any atom is 0.130 e. The van der Waals surface area contributed by atoms with Crippen molar-refractivity contribution in [2.45, 2.75) is 6.92 Å². The van der Waals surface area contributed by atoms with Gasteiger partial charge in [-0.3, -0.25) is 9.41 Å². The molecule has 98 valence electrons. The quantitative estimate of drug-likeness (QED) is 0.734. The van der Waals surface area contributed by atoms with Crippen LogP contribution in [0.3, 0.4) is 0 Å². The van der Waals surface area contributed by atoms with E-state index in [-0.39, 0.29) is 5.82 Å². The Kier molecular flexibility index (Phi) is 3.03. The molecule has 0 N–H and O–H groups in total. The van der Waals surface area contributed by atoms with Crippen LogP contribution in [0.5, 0.6) is 0 Å². The van der Waals surface area contributed by atoms with E-state index >= 15 is 0 Å². The summed E-state index contributed by atoms with van der Waals surface area (Å²) in [6.07, 6.45) is 3.56. The van der Waals surface area contributed by atoms with E-state index in [1.54, 1.807) is 24.5 Å². The summed E-state index contributed by atoms with van der Waals surface area (Å²) in [7, 11) is 0. The molecule has 0 amide bonds. The first kappa shape index (κ1) is 12.2. The van der Waals surface area contributed by atoms with E-state index in [9.17, 15) is 4.39 Å². The first-order valence-corrected chi connectivity index (χ1v) is 6.37. The highest BCUT2D eigenvalue weighted by molar-refractivity contribution is 6.15. The molecule has 19 heavy (non-hydrogen) atoms. The Morgan fingerprint density at radius 3 is 2.84 bits per heavy atom. The number of rotatable bonds is 1. The lowest BCUT2D eigenvalue weighted by atomic mass is 10.1. The van der Waals surface area contributed by atoms with Gasteiger partial charge in [0, 0.05) is 36.3 Å². The van der Waals surface area contributed by atoms with Crippen molar-refractivity contribution in [3.63, 3.8) is 0 Å². The Balaban J connectivity index is 1.97. The number of allylic oxidation sites excluding steroid dienone is 1. The Hall–Kier alpha value is -1.81. The molecule has 1 aromatic carbocycles. The second-order valence-electron chi connectivity index (χ2n) is 4.58. The minimum absolute atomic E-state index is 0.237. The maximum atomic E-state index is 13.9. The lowest BCUT2D eigenvalue weighted by molar-refractivity contribution is 0.437. The number of aliphatic imine (C=N–C) groups is 1. The summed E-state index contributed by atoms with van der Waals surface area (Å²) in [6, 6.07) is 6.73. The molecule has 2 aliphatic heterocycles. The molecule has 0 unspecified atom stereocenters. The van der Waals surface area contributed by atoms with Crippen LogP contribution in [0.1, 0.15) is 12.5 Å². The molecule has 0 aliphatic carbocycles. The van der Waals surface area contributed by atoms with E-state index in [2.05, 4.69) is 9.89 Å². The lowest BCUT2D eigenvalue weighted by Crippen LogP contribution is -2.22. The monoisotopic (exact) mass is 277 g/mol. The summed E-state index contributed by atoms with van der Waals surface area (Å²) < 4.78 is 15.3. The Morgan fingerprint density at radius 2 is 2.05 bits per heavy atom. The average molecular weight is 278 g/mol. The lowest BCUT2D eigenvalue weighted by Gasteiger charge is -2.19. The van der Waals surface area contributed by atoms with Gasteiger partial charge in [-0.2, -0.15) is 0 Å². The highest BCUT2D eigenvalue weighted by Crippen LogP contribution is 2.28. The zero-order chi connectivity index (χ0) is 13.4. The zero-order valence-corrected chi connectivity index (χ0v) is 11.2. The first-order chi connectivity index (χ1) is 9.15. The van der Waals surface area contributed by atoms with E-state index in [0.717, 1.165) is 17.0 Å². The normalized spacial score (nSPS) is 18.6. The van der Waals surface area contributed by atoms with Crippen molar-refractivity contribution >= 4 is 23.1 Å². The predicted octanol–water partition coefficient (Wildman–Crippen LogP) is 3.21. The fraction of sp³-hybridized carbons (Fsp3) is 0.214. The summed E-state index contributed by atoms with van der Waals surface area (Å²) in [5.41, 5.74) is 3.35. The molecule has 3 nitrogen and oxygen atoms in total. The number of hydrogen-bond donors (Lipinski definition) is 0. The van der Waals surface area contributed by atoms with E-state index in [4.69, 9.17) is 11.8 Å².